The van der Waals surface area contributed by atoms with Gasteiger partial charge < -0.3 is 15.9 Å². The smallest absolute Gasteiger partial charge is 0.331 e. The first kappa shape index (κ1) is 12.6. The first-order valence-electron chi connectivity index (χ1n) is 4.06. The summed E-state index contributed by atoms with van der Waals surface area (Å²) in [5, 5.41) is 17.0. The number of hydrogen-bond donors (Lipinski definition) is 3. The lowest BCUT2D eigenvalue weighted by Crippen LogP contribution is -2.53. The highest BCUT2D eigenvalue weighted by Gasteiger charge is 2.38. The molecule has 0 radical (unpaired) electrons. The molecule has 0 heterocycles. The molecule has 1 atom stereocenters. The third-order valence-electron chi connectivity index (χ3n) is 1.97. The van der Waals surface area contributed by atoms with Gasteiger partial charge in [-0.05, 0) is 19.8 Å². The second kappa shape index (κ2) is 4.71. The third-order valence-corrected chi connectivity index (χ3v) is 1.97. The van der Waals surface area contributed by atoms with Crippen molar-refractivity contribution < 1.29 is 24.6 Å². The molecule has 0 fully saturated rings. The minimum atomic E-state index is -1.95. The molecule has 0 aliphatic rings. The quantitative estimate of drug-likeness (QED) is 0.506. The Labute approximate surface area is 80.7 Å². The van der Waals surface area contributed by atoms with Crippen LogP contribution in [0.5, 0.6) is 0 Å². The van der Waals surface area contributed by atoms with E-state index in [1.165, 1.54) is 0 Å². The molecule has 0 rings (SSSR count). The molecule has 0 saturated heterocycles. The summed E-state index contributed by atoms with van der Waals surface area (Å²) in [7, 11) is 0. The highest BCUT2D eigenvalue weighted by atomic mass is 16.4. The molecule has 0 spiro atoms. The zero-order valence-electron chi connectivity index (χ0n) is 7.82. The van der Waals surface area contributed by atoms with E-state index in [9.17, 15) is 14.4 Å². The fourth-order valence-electron chi connectivity index (χ4n) is 0.952. The van der Waals surface area contributed by atoms with Gasteiger partial charge in [-0.25, -0.2) is 4.79 Å². The van der Waals surface area contributed by atoms with E-state index in [1.807, 2.05) is 0 Å². The van der Waals surface area contributed by atoms with E-state index in [2.05, 4.69) is 0 Å². The van der Waals surface area contributed by atoms with Crippen LogP contribution < -0.4 is 5.73 Å². The second-order valence-electron chi connectivity index (χ2n) is 3.08. The molecule has 0 aliphatic carbocycles. The van der Waals surface area contributed by atoms with E-state index in [0.717, 1.165) is 6.92 Å². The lowest BCUT2D eigenvalue weighted by Gasteiger charge is -2.20. The second-order valence-corrected chi connectivity index (χ2v) is 3.08. The Balaban J connectivity index is 4.32. The number of carbonyl (C=O) groups is 3. The standard InChI is InChI=1S/C8H13NO5/c1-5(10)8(9,7(13)14)4-2-3-6(11)12/h2-4,9H2,1H3,(H,11,12)(H,13,14). The summed E-state index contributed by atoms with van der Waals surface area (Å²) in [5.41, 5.74) is 3.38. The summed E-state index contributed by atoms with van der Waals surface area (Å²) in [4.78, 5) is 31.7. The number of rotatable bonds is 6. The molecule has 0 bridgehead atoms. The Kier molecular flexibility index (Phi) is 4.23. The normalized spacial score (nSPS) is 14.4. The van der Waals surface area contributed by atoms with Gasteiger partial charge in [0.05, 0.1) is 0 Å². The highest BCUT2D eigenvalue weighted by molar-refractivity contribution is 6.06. The summed E-state index contributed by atoms with van der Waals surface area (Å²) >= 11 is 0. The fraction of sp³-hybridized carbons (Fsp3) is 0.625. The number of Topliss-reactive ketones (excluding diaryl/α,β-unsaturated/α-hetero) is 1. The molecular formula is C8H13NO5. The highest BCUT2D eigenvalue weighted by Crippen LogP contribution is 2.13. The Bertz CT molecular complexity index is 246. The fourth-order valence-corrected chi connectivity index (χ4v) is 0.952. The van der Waals surface area contributed by atoms with Crippen molar-refractivity contribution in [3.63, 3.8) is 0 Å². The summed E-state index contributed by atoms with van der Waals surface area (Å²) in [6.07, 6.45) is -0.290. The van der Waals surface area contributed by atoms with Crippen LogP contribution in [-0.2, 0) is 14.4 Å². The van der Waals surface area contributed by atoms with Gasteiger partial charge >= 0.3 is 11.9 Å². The van der Waals surface area contributed by atoms with Crippen LogP contribution in [0, 0.1) is 0 Å². The molecule has 1 unspecified atom stereocenters. The van der Waals surface area contributed by atoms with Crippen molar-refractivity contribution in [1.82, 2.24) is 0 Å². The lowest BCUT2D eigenvalue weighted by atomic mass is 9.90. The first-order chi connectivity index (χ1) is 6.30. The molecule has 0 saturated carbocycles. The van der Waals surface area contributed by atoms with Crippen LogP contribution in [-0.4, -0.2) is 33.5 Å². The first-order valence-corrected chi connectivity index (χ1v) is 4.06. The van der Waals surface area contributed by atoms with Gasteiger partial charge in [-0.2, -0.15) is 0 Å². The Morgan fingerprint density at radius 3 is 2.07 bits per heavy atom. The van der Waals surface area contributed by atoms with Crippen LogP contribution in [0.1, 0.15) is 26.2 Å². The van der Waals surface area contributed by atoms with Gasteiger partial charge in [0.15, 0.2) is 11.3 Å². The van der Waals surface area contributed by atoms with Crippen molar-refractivity contribution in [2.45, 2.75) is 31.7 Å². The Morgan fingerprint density at radius 2 is 1.79 bits per heavy atom. The van der Waals surface area contributed by atoms with E-state index < -0.39 is 23.3 Å². The Morgan fingerprint density at radius 1 is 1.29 bits per heavy atom. The molecule has 14 heavy (non-hydrogen) atoms. The minimum Gasteiger partial charge on any atom is -0.481 e. The van der Waals surface area contributed by atoms with Gasteiger partial charge in [-0.3, -0.25) is 9.59 Å². The van der Waals surface area contributed by atoms with Crippen molar-refractivity contribution in [1.29, 1.82) is 0 Å². The van der Waals surface area contributed by atoms with Gasteiger partial charge in [0.2, 0.25) is 0 Å². The van der Waals surface area contributed by atoms with Gasteiger partial charge in [0, 0.05) is 6.42 Å². The number of nitrogens with two attached hydrogens (primary N) is 1. The summed E-state index contributed by atoms with van der Waals surface area (Å²) in [6, 6.07) is 0. The topological polar surface area (TPSA) is 118 Å². The lowest BCUT2D eigenvalue weighted by molar-refractivity contribution is -0.148. The summed E-state index contributed by atoms with van der Waals surface area (Å²) in [6.45, 7) is 1.08. The van der Waals surface area contributed by atoms with Crippen LogP contribution in [0.4, 0.5) is 0 Å². The van der Waals surface area contributed by atoms with Crippen LogP contribution in [0.15, 0.2) is 0 Å². The van der Waals surface area contributed by atoms with E-state index in [1.54, 1.807) is 0 Å². The number of carbonyl (C=O) groups excluding carboxylic acids is 1. The predicted molar refractivity (Wildman–Crippen MR) is 46.7 cm³/mol. The molecule has 0 amide bonds. The molecule has 0 aromatic carbocycles. The predicted octanol–water partition coefficient (Wildman–Crippen LogP) is -0.388. The van der Waals surface area contributed by atoms with Gasteiger partial charge in [0.25, 0.3) is 0 Å². The molecule has 6 heteroatoms. The van der Waals surface area contributed by atoms with Crippen molar-refractivity contribution in [3.8, 4) is 0 Å². The van der Waals surface area contributed by atoms with Crippen LogP contribution in [0.2, 0.25) is 0 Å². The zero-order valence-corrected chi connectivity index (χ0v) is 7.82. The van der Waals surface area contributed by atoms with Crippen molar-refractivity contribution in [2.75, 3.05) is 0 Å². The number of carboxylic acid groups (broad SMARTS) is 2. The van der Waals surface area contributed by atoms with Crippen LogP contribution in [0.3, 0.4) is 0 Å². The van der Waals surface area contributed by atoms with Crippen LogP contribution in [0.25, 0.3) is 0 Å². The van der Waals surface area contributed by atoms with Crippen molar-refractivity contribution in [3.05, 3.63) is 0 Å². The van der Waals surface area contributed by atoms with E-state index in [4.69, 9.17) is 15.9 Å². The van der Waals surface area contributed by atoms with Crippen molar-refractivity contribution in [2.24, 2.45) is 5.73 Å². The van der Waals surface area contributed by atoms with E-state index in [-0.39, 0.29) is 19.3 Å². The van der Waals surface area contributed by atoms with E-state index >= 15 is 0 Å². The molecule has 6 nitrogen and oxygen atoms in total. The van der Waals surface area contributed by atoms with Gasteiger partial charge in [-0.1, -0.05) is 0 Å². The molecule has 80 valence electrons. The van der Waals surface area contributed by atoms with Crippen LogP contribution >= 0.6 is 0 Å². The maximum Gasteiger partial charge on any atom is 0.331 e. The van der Waals surface area contributed by atoms with E-state index in [0.29, 0.717) is 0 Å². The SMILES string of the molecule is CC(=O)C(N)(CCCC(=O)O)C(=O)O. The number of hydrogen-bond acceptors (Lipinski definition) is 4. The summed E-state index contributed by atoms with van der Waals surface area (Å²) in [5.74, 6) is -3.13. The average molecular weight is 203 g/mol. The minimum absolute atomic E-state index is 0.0672. The maximum absolute atomic E-state index is 10.9. The number of carboxylic acids is 2. The maximum atomic E-state index is 10.9. The third kappa shape index (κ3) is 3.14. The van der Waals surface area contributed by atoms with Gasteiger partial charge in [0.1, 0.15) is 0 Å². The van der Waals surface area contributed by atoms with Crippen molar-refractivity contribution >= 4 is 17.7 Å². The Hall–Kier alpha value is -1.43. The molecule has 0 aromatic heterocycles. The molecule has 0 aromatic rings. The monoisotopic (exact) mass is 203 g/mol. The number of ketones is 1. The molecule has 4 N–H and O–H groups in total. The van der Waals surface area contributed by atoms with Gasteiger partial charge in [-0.15, -0.1) is 0 Å². The largest absolute Gasteiger partial charge is 0.481 e. The molecule has 0 aliphatic heterocycles. The average Bonchev–Trinajstić information content (AvgIpc) is 2.02. The number of aliphatic carboxylic acids is 2. The zero-order chi connectivity index (χ0) is 11.4. The molecular weight excluding hydrogens is 190 g/mol. The summed E-state index contributed by atoms with van der Waals surface area (Å²) < 4.78 is 0.